The van der Waals surface area contributed by atoms with Crippen molar-refractivity contribution in [3.8, 4) is 11.7 Å². The highest BCUT2D eigenvalue weighted by Gasteiger charge is 1.99. The summed E-state index contributed by atoms with van der Waals surface area (Å²) in [7, 11) is 3.07. The highest BCUT2D eigenvalue weighted by Crippen LogP contribution is 2.15. The normalized spacial score (nSPS) is 10.6. The van der Waals surface area contributed by atoms with Crippen LogP contribution < -0.4 is 14.9 Å². The summed E-state index contributed by atoms with van der Waals surface area (Å²) in [6.45, 7) is 0. The second-order valence-corrected chi connectivity index (χ2v) is 3.83. The van der Waals surface area contributed by atoms with E-state index < -0.39 is 0 Å². The van der Waals surface area contributed by atoms with Gasteiger partial charge in [0.05, 0.1) is 20.3 Å². The van der Waals surface area contributed by atoms with E-state index in [1.807, 2.05) is 30.3 Å². The van der Waals surface area contributed by atoms with Gasteiger partial charge in [-0.3, -0.25) is 4.79 Å². The zero-order chi connectivity index (χ0) is 13.7. The Kier molecular flexibility index (Phi) is 4.03. The first kappa shape index (κ1) is 13.0. The molecule has 19 heavy (non-hydrogen) atoms. The lowest BCUT2D eigenvalue weighted by molar-refractivity contribution is 0.294. The molecule has 0 saturated heterocycles. The van der Waals surface area contributed by atoms with Crippen LogP contribution in [-0.2, 0) is 0 Å². The Hall–Kier alpha value is -2.49. The number of rotatable bonds is 4. The lowest BCUT2D eigenvalue weighted by Gasteiger charge is -2.00. The molecule has 4 heteroatoms. The molecule has 0 N–H and O–H groups in total. The van der Waals surface area contributed by atoms with E-state index in [-0.39, 0.29) is 11.4 Å². The molecule has 0 aliphatic rings. The Morgan fingerprint density at radius 2 is 1.74 bits per heavy atom. The third-order valence-corrected chi connectivity index (χ3v) is 2.52. The van der Waals surface area contributed by atoms with Crippen molar-refractivity contribution in [3.63, 3.8) is 0 Å². The molecule has 0 spiro atoms. The molecular weight excluding hydrogens is 244 g/mol. The van der Waals surface area contributed by atoms with Gasteiger partial charge in [0.2, 0.25) is 0 Å². The van der Waals surface area contributed by atoms with Crippen molar-refractivity contribution in [2.75, 3.05) is 14.2 Å². The largest absolute Gasteiger partial charge is 0.497 e. The summed E-state index contributed by atoms with van der Waals surface area (Å²) in [4.78, 5) is 11.4. The smallest absolute Gasteiger partial charge is 0.288 e. The van der Waals surface area contributed by atoms with Crippen LogP contribution in [-0.4, -0.2) is 14.2 Å². The summed E-state index contributed by atoms with van der Waals surface area (Å²) in [5.74, 6) is 1.44. The molecule has 2 aromatic rings. The number of ether oxygens (including phenoxy) is 2. The third kappa shape index (κ3) is 3.48. The van der Waals surface area contributed by atoms with Gasteiger partial charge in [0.25, 0.3) is 5.95 Å². The second kappa shape index (κ2) is 5.91. The second-order valence-electron chi connectivity index (χ2n) is 3.83. The van der Waals surface area contributed by atoms with Crippen molar-refractivity contribution in [1.82, 2.24) is 0 Å². The molecule has 0 amide bonds. The lowest BCUT2D eigenvalue weighted by atomic mass is 10.2. The van der Waals surface area contributed by atoms with E-state index in [4.69, 9.17) is 13.9 Å². The maximum absolute atomic E-state index is 11.4. The van der Waals surface area contributed by atoms with Gasteiger partial charge in [-0.25, -0.2) is 0 Å². The summed E-state index contributed by atoms with van der Waals surface area (Å²) in [5, 5.41) is 0. The van der Waals surface area contributed by atoms with Crippen LogP contribution in [0.25, 0.3) is 12.2 Å². The molecule has 0 radical (unpaired) electrons. The molecule has 0 fully saturated rings. The standard InChI is InChI=1S/C15H14O4/c1-17-13-6-3-11(4-7-13)5-8-14-9-12(16)10-15(18-2)19-14/h3-10H,1-2H3/b8-5+. The fourth-order valence-electron chi connectivity index (χ4n) is 1.55. The van der Waals surface area contributed by atoms with Crippen molar-refractivity contribution in [3.05, 3.63) is 57.9 Å². The maximum Gasteiger partial charge on any atom is 0.288 e. The first-order valence-corrected chi connectivity index (χ1v) is 5.72. The lowest BCUT2D eigenvalue weighted by Crippen LogP contribution is -1.98. The van der Waals surface area contributed by atoms with Crippen molar-refractivity contribution < 1.29 is 13.9 Å². The van der Waals surface area contributed by atoms with E-state index in [0.29, 0.717) is 5.76 Å². The van der Waals surface area contributed by atoms with Crippen LogP contribution in [0.2, 0.25) is 0 Å². The van der Waals surface area contributed by atoms with E-state index in [9.17, 15) is 4.79 Å². The molecule has 0 unspecified atom stereocenters. The quantitative estimate of drug-likeness (QED) is 0.846. The first-order valence-electron chi connectivity index (χ1n) is 5.72. The molecule has 0 aliphatic carbocycles. The van der Waals surface area contributed by atoms with Crippen LogP contribution in [0.5, 0.6) is 11.7 Å². The SMILES string of the molecule is COc1ccc(/C=C/c2cc(=O)cc(OC)o2)cc1. The van der Waals surface area contributed by atoms with Crippen molar-refractivity contribution in [1.29, 1.82) is 0 Å². The Balaban J connectivity index is 2.21. The number of hydrogen-bond donors (Lipinski definition) is 0. The van der Waals surface area contributed by atoms with Crippen molar-refractivity contribution in [2.45, 2.75) is 0 Å². The highest BCUT2D eigenvalue weighted by atomic mass is 16.6. The Morgan fingerprint density at radius 1 is 1.00 bits per heavy atom. The van der Waals surface area contributed by atoms with E-state index >= 15 is 0 Å². The van der Waals surface area contributed by atoms with Gasteiger partial charge >= 0.3 is 0 Å². The molecule has 1 heterocycles. The molecule has 1 aromatic carbocycles. The van der Waals surface area contributed by atoms with Gasteiger partial charge in [-0.2, -0.15) is 0 Å². The maximum atomic E-state index is 11.4. The highest BCUT2D eigenvalue weighted by molar-refractivity contribution is 5.67. The fourth-order valence-corrected chi connectivity index (χ4v) is 1.55. The average molecular weight is 258 g/mol. The van der Waals surface area contributed by atoms with Crippen LogP contribution in [0.1, 0.15) is 11.3 Å². The summed E-state index contributed by atoms with van der Waals surface area (Å²) in [5.41, 5.74) is 0.823. The van der Waals surface area contributed by atoms with Gasteiger partial charge < -0.3 is 13.9 Å². The minimum atomic E-state index is -0.155. The van der Waals surface area contributed by atoms with Crippen molar-refractivity contribution >= 4 is 12.2 Å². The Bertz CT molecular complexity index is 623. The molecule has 1 aromatic heterocycles. The predicted octanol–water partition coefficient (Wildman–Crippen LogP) is 2.83. The molecule has 4 nitrogen and oxygen atoms in total. The Morgan fingerprint density at radius 3 is 2.37 bits per heavy atom. The zero-order valence-corrected chi connectivity index (χ0v) is 10.8. The summed E-state index contributed by atoms with van der Waals surface area (Å²) < 4.78 is 15.3. The molecule has 2 rings (SSSR count). The van der Waals surface area contributed by atoms with Crippen LogP contribution in [0.3, 0.4) is 0 Å². The van der Waals surface area contributed by atoms with Crippen LogP contribution >= 0.6 is 0 Å². The molecule has 0 aliphatic heterocycles. The predicted molar refractivity (Wildman–Crippen MR) is 73.5 cm³/mol. The van der Waals surface area contributed by atoms with Gasteiger partial charge in [0.15, 0.2) is 5.43 Å². The van der Waals surface area contributed by atoms with Gasteiger partial charge in [-0.1, -0.05) is 18.2 Å². The van der Waals surface area contributed by atoms with Crippen LogP contribution in [0, 0.1) is 0 Å². The number of hydrogen-bond acceptors (Lipinski definition) is 4. The number of benzene rings is 1. The minimum absolute atomic E-state index is 0.155. The number of methoxy groups -OCH3 is 2. The molecule has 98 valence electrons. The minimum Gasteiger partial charge on any atom is -0.497 e. The summed E-state index contributed by atoms with van der Waals surface area (Å²) in [6.07, 6.45) is 3.56. The van der Waals surface area contributed by atoms with Gasteiger partial charge in [-0.05, 0) is 23.8 Å². The molecular formula is C15H14O4. The van der Waals surface area contributed by atoms with Gasteiger partial charge in [-0.15, -0.1) is 0 Å². The average Bonchev–Trinajstić information content (AvgIpc) is 2.45. The van der Waals surface area contributed by atoms with E-state index in [1.54, 1.807) is 13.2 Å². The molecule has 0 bridgehead atoms. The van der Waals surface area contributed by atoms with Gasteiger partial charge in [0.1, 0.15) is 11.5 Å². The summed E-state index contributed by atoms with van der Waals surface area (Å²) in [6, 6.07) is 10.2. The van der Waals surface area contributed by atoms with Crippen LogP contribution in [0.15, 0.2) is 45.6 Å². The van der Waals surface area contributed by atoms with Gasteiger partial charge in [0, 0.05) is 6.07 Å². The van der Waals surface area contributed by atoms with Crippen LogP contribution in [0.4, 0.5) is 0 Å². The fraction of sp³-hybridized carbons (Fsp3) is 0.133. The zero-order valence-electron chi connectivity index (χ0n) is 10.8. The third-order valence-electron chi connectivity index (χ3n) is 2.52. The van der Waals surface area contributed by atoms with Crippen molar-refractivity contribution in [2.24, 2.45) is 0 Å². The summed E-state index contributed by atoms with van der Waals surface area (Å²) >= 11 is 0. The monoisotopic (exact) mass is 258 g/mol. The van der Waals surface area contributed by atoms with E-state index in [2.05, 4.69) is 0 Å². The molecule has 0 saturated carbocycles. The topological polar surface area (TPSA) is 48.7 Å². The Labute approximate surface area is 110 Å². The first-order chi connectivity index (χ1) is 9.21. The van der Waals surface area contributed by atoms with E-state index in [1.165, 1.54) is 19.2 Å². The molecule has 0 atom stereocenters. The van der Waals surface area contributed by atoms with E-state index in [0.717, 1.165) is 11.3 Å².